The minimum atomic E-state index is -0.0408. The van der Waals surface area contributed by atoms with Crippen molar-refractivity contribution in [3.05, 3.63) is 18.0 Å². The number of ether oxygens (including phenoxy) is 1. The average molecular weight is 236 g/mol. The monoisotopic (exact) mass is 236 g/mol. The van der Waals surface area contributed by atoms with Gasteiger partial charge in [0.25, 0.3) is 0 Å². The van der Waals surface area contributed by atoms with Crippen molar-refractivity contribution in [1.29, 1.82) is 0 Å². The molecule has 92 valence electrons. The van der Waals surface area contributed by atoms with Crippen LogP contribution in [0, 0.1) is 0 Å². The summed E-state index contributed by atoms with van der Waals surface area (Å²) >= 11 is 0. The lowest BCUT2D eigenvalue weighted by Gasteiger charge is -2.21. The van der Waals surface area contributed by atoms with Gasteiger partial charge in [-0.3, -0.25) is 0 Å². The van der Waals surface area contributed by atoms with E-state index < -0.39 is 0 Å². The van der Waals surface area contributed by atoms with Crippen LogP contribution in [0.2, 0.25) is 0 Å². The number of hydrogen-bond acceptors (Lipinski definition) is 5. The van der Waals surface area contributed by atoms with Gasteiger partial charge in [-0.2, -0.15) is 4.98 Å². The molecule has 0 unspecified atom stereocenters. The molecule has 0 aromatic carbocycles. The SMILES string of the molecule is N/C(=N/O)c1ccnc(OC2CCCCC2)n1. The second-order valence-corrected chi connectivity index (χ2v) is 4.09. The Kier molecular flexibility index (Phi) is 3.74. The van der Waals surface area contributed by atoms with Gasteiger partial charge < -0.3 is 15.7 Å². The third-order valence-corrected chi connectivity index (χ3v) is 2.83. The summed E-state index contributed by atoms with van der Waals surface area (Å²) in [5, 5.41) is 11.5. The molecule has 1 fully saturated rings. The topological polar surface area (TPSA) is 93.6 Å². The third-order valence-electron chi connectivity index (χ3n) is 2.83. The van der Waals surface area contributed by atoms with E-state index in [1.807, 2.05) is 0 Å². The number of aromatic nitrogens is 2. The van der Waals surface area contributed by atoms with Crippen LogP contribution in [0.3, 0.4) is 0 Å². The lowest BCUT2D eigenvalue weighted by molar-refractivity contribution is 0.141. The molecule has 1 aromatic heterocycles. The summed E-state index contributed by atoms with van der Waals surface area (Å²) < 4.78 is 5.68. The van der Waals surface area contributed by atoms with Crippen LogP contribution in [0.15, 0.2) is 17.4 Å². The van der Waals surface area contributed by atoms with E-state index in [0.29, 0.717) is 11.7 Å². The summed E-state index contributed by atoms with van der Waals surface area (Å²) in [5.74, 6) is -0.0408. The minimum Gasteiger partial charge on any atom is -0.460 e. The first-order valence-electron chi connectivity index (χ1n) is 5.77. The molecular formula is C11H16N4O2. The maximum absolute atomic E-state index is 8.56. The Morgan fingerprint density at radius 2 is 2.18 bits per heavy atom. The van der Waals surface area contributed by atoms with Gasteiger partial charge in [0, 0.05) is 6.20 Å². The van der Waals surface area contributed by atoms with Crippen LogP contribution < -0.4 is 10.5 Å². The van der Waals surface area contributed by atoms with Crippen molar-refractivity contribution in [2.24, 2.45) is 10.9 Å². The Hall–Kier alpha value is -1.85. The Labute approximate surface area is 99.5 Å². The molecule has 1 aromatic rings. The molecule has 17 heavy (non-hydrogen) atoms. The molecule has 0 saturated heterocycles. The quantitative estimate of drug-likeness (QED) is 0.357. The average Bonchev–Trinajstić information content (AvgIpc) is 2.39. The van der Waals surface area contributed by atoms with Gasteiger partial charge >= 0.3 is 6.01 Å². The smallest absolute Gasteiger partial charge is 0.317 e. The van der Waals surface area contributed by atoms with Gasteiger partial charge in [-0.05, 0) is 31.7 Å². The summed E-state index contributed by atoms with van der Waals surface area (Å²) in [6.07, 6.45) is 7.44. The van der Waals surface area contributed by atoms with E-state index in [2.05, 4.69) is 15.1 Å². The first-order chi connectivity index (χ1) is 8.29. The molecule has 0 amide bonds. The summed E-state index contributed by atoms with van der Waals surface area (Å²) in [5.41, 5.74) is 5.82. The van der Waals surface area contributed by atoms with E-state index in [1.54, 1.807) is 12.3 Å². The molecule has 0 bridgehead atoms. The Morgan fingerprint density at radius 3 is 2.88 bits per heavy atom. The third kappa shape index (κ3) is 3.05. The van der Waals surface area contributed by atoms with Crippen LogP contribution in [0.4, 0.5) is 0 Å². The summed E-state index contributed by atoms with van der Waals surface area (Å²) in [7, 11) is 0. The molecule has 0 aliphatic heterocycles. The molecular weight excluding hydrogens is 220 g/mol. The van der Waals surface area contributed by atoms with Crippen LogP contribution in [0.1, 0.15) is 37.8 Å². The molecule has 1 aliphatic carbocycles. The van der Waals surface area contributed by atoms with Gasteiger partial charge in [0.1, 0.15) is 11.8 Å². The number of nitrogens with two attached hydrogens (primary N) is 1. The number of amidine groups is 1. The fraction of sp³-hybridized carbons (Fsp3) is 0.545. The van der Waals surface area contributed by atoms with Crippen molar-refractivity contribution in [2.75, 3.05) is 0 Å². The molecule has 6 heteroatoms. The molecule has 2 rings (SSSR count). The molecule has 1 heterocycles. The zero-order valence-corrected chi connectivity index (χ0v) is 9.54. The highest BCUT2D eigenvalue weighted by Gasteiger charge is 2.16. The summed E-state index contributed by atoms with van der Waals surface area (Å²) in [6, 6.07) is 1.86. The Balaban J connectivity index is 2.05. The first-order valence-corrected chi connectivity index (χ1v) is 5.77. The lowest BCUT2D eigenvalue weighted by Crippen LogP contribution is -2.22. The van der Waals surface area contributed by atoms with Crippen LogP contribution in [-0.2, 0) is 0 Å². The molecule has 1 saturated carbocycles. The van der Waals surface area contributed by atoms with Gasteiger partial charge in [0.15, 0.2) is 5.84 Å². The van der Waals surface area contributed by atoms with Gasteiger partial charge in [0.05, 0.1) is 0 Å². The largest absolute Gasteiger partial charge is 0.460 e. The van der Waals surface area contributed by atoms with Crippen molar-refractivity contribution < 1.29 is 9.94 Å². The predicted octanol–water partition coefficient (Wildman–Crippen LogP) is 1.28. The van der Waals surface area contributed by atoms with E-state index in [9.17, 15) is 0 Å². The zero-order chi connectivity index (χ0) is 12.1. The van der Waals surface area contributed by atoms with Crippen LogP contribution in [0.5, 0.6) is 6.01 Å². The van der Waals surface area contributed by atoms with E-state index in [1.165, 1.54) is 19.3 Å². The van der Waals surface area contributed by atoms with E-state index >= 15 is 0 Å². The van der Waals surface area contributed by atoms with Gasteiger partial charge in [-0.15, -0.1) is 0 Å². The van der Waals surface area contributed by atoms with Crippen LogP contribution >= 0.6 is 0 Å². The molecule has 0 radical (unpaired) electrons. The second-order valence-electron chi connectivity index (χ2n) is 4.09. The van der Waals surface area contributed by atoms with Crippen molar-refractivity contribution >= 4 is 5.84 Å². The first kappa shape index (κ1) is 11.6. The van der Waals surface area contributed by atoms with Crippen LogP contribution in [-0.4, -0.2) is 27.1 Å². The predicted molar refractivity (Wildman–Crippen MR) is 62.0 cm³/mol. The highest BCUT2D eigenvalue weighted by Crippen LogP contribution is 2.21. The molecule has 1 aliphatic rings. The highest BCUT2D eigenvalue weighted by atomic mass is 16.5. The van der Waals surface area contributed by atoms with Crippen molar-refractivity contribution in [3.8, 4) is 6.01 Å². The number of nitrogens with zero attached hydrogens (tertiary/aromatic N) is 3. The van der Waals surface area contributed by atoms with Gasteiger partial charge in [-0.1, -0.05) is 11.6 Å². The van der Waals surface area contributed by atoms with Crippen LogP contribution in [0.25, 0.3) is 0 Å². The zero-order valence-electron chi connectivity index (χ0n) is 9.54. The highest BCUT2D eigenvalue weighted by molar-refractivity contribution is 5.95. The van der Waals surface area contributed by atoms with Gasteiger partial charge in [-0.25, -0.2) is 4.98 Å². The number of hydrogen-bond donors (Lipinski definition) is 2. The number of oxime groups is 1. The maximum atomic E-state index is 8.56. The van der Waals surface area contributed by atoms with Crippen molar-refractivity contribution in [1.82, 2.24) is 9.97 Å². The molecule has 0 atom stereocenters. The van der Waals surface area contributed by atoms with Crippen molar-refractivity contribution in [2.45, 2.75) is 38.2 Å². The normalized spacial score (nSPS) is 18.0. The van der Waals surface area contributed by atoms with Crippen molar-refractivity contribution in [3.63, 3.8) is 0 Å². The standard InChI is InChI=1S/C11H16N4O2/c12-10(15-16)9-6-7-13-11(14-9)17-8-4-2-1-3-5-8/h6-8,16H,1-5H2,(H2,12,15). The maximum Gasteiger partial charge on any atom is 0.317 e. The fourth-order valence-corrected chi connectivity index (χ4v) is 1.92. The minimum absolute atomic E-state index is 0.0408. The van der Waals surface area contributed by atoms with Gasteiger partial charge in [0.2, 0.25) is 0 Å². The Bertz CT molecular complexity index is 402. The molecule has 3 N–H and O–H groups in total. The second kappa shape index (κ2) is 5.47. The summed E-state index contributed by atoms with van der Waals surface area (Å²) in [4.78, 5) is 8.11. The summed E-state index contributed by atoms with van der Waals surface area (Å²) in [6.45, 7) is 0. The lowest BCUT2D eigenvalue weighted by atomic mass is 9.98. The fourth-order valence-electron chi connectivity index (χ4n) is 1.92. The molecule has 0 spiro atoms. The number of rotatable bonds is 3. The van der Waals surface area contributed by atoms with E-state index in [0.717, 1.165) is 12.8 Å². The Morgan fingerprint density at radius 1 is 1.41 bits per heavy atom. The van der Waals surface area contributed by atoms with E-state index in [4.69, 9.17) is 15.7 Å². The molecule has 6 nitrogen and oxygen atoms in total. The van der Waals surface area contributed by atoms with E-state index in [-0.39, 0.29) is 11.9 Å².